The molecule has 24 heavy (non-hydrogen) atoms. The predicted molar refractivity (Wildman–Crippen MR) is 90.0 cm³/mol. The van der Waals surface area contributed by atoms with Gasteiger partial charge >= 0.3 is 11.9 Å². The van der Waals surface area contributed by atoms with Crippen LogP contribution in [-0.4, -0.2) is 28.1 Å². The summed E-state index contributed by atoms with van der Waals surface area (Å²) in [5.41, 5.74) is 1.85. The van der Waals surface area contributed by atoms with Crippen molar-refractivity contribution in [2.45, 2.75) is 6.92 Å². The molecule has 0 bridgehead atoms. The van der Waals surface area contributed by atoms with Gasteiger partial charge in [0.2, 0.25) is 5.91 Å². The third-order valence-electron chi connectivity index (χ3n) is 3.21. The van der Waals surface area contributed by atoms with Crippen molar-refractivity contribution in [1.29, 1.82) is 0 Å². The highest BCUT2D eigenvalue weighted by Crippen LogP contribution is 2.19. The van der Waals surface area contributed by atoms with Crippen molar-refractivity contribution in [1.82, 2.24) is 0 Å². The predicted octanol–water partition coefficient (Wildman–Crippen LogP) is 3.21. The van der Waals surface area contributed by atoms with Crippen molar-refractivity contribution in [3.63, 3.8) is 0 Å². The molecule has 0 spiro atoms. The molecule has 6 heteroatoms. The van der Waals surface area contributed by atoms with Gasteiger partial charge in [-0.15, -0.1) is 0 Å². The smallest absolute Gasteiger partial charge is 0.337 e. The second-order valence-corrected chi connectivity index (χ2v) is 5.05. The summed E-state index contributed by atoms with van der Waals surface area (Å²) in [5, 5.41) is 20.6. The van der Waals surface area contributed by atoms with Crippen molar-refractivity contribution < 1.29 is 24.6 Å². The largest absolute Gasteiger partial charge is 0.478 e. The monoisotopic (exact) mass is 325 g/mol. The third kappa shape index (κ3) is 4.30. The molecule has 0 fully saturated rings. The lowest BCUT2D eigenvalue weighted by atomic mass is 10.1. The number of carbonyl (C=O) groups is 3. The summed E-state index contributed by atoms with van der Waals surface area (Å²) in [6.07, 6.45) is 3.45. The fourth-order valence-electron chi connectivity index (χ4n) is 2.07. The molecule has 0 aromatic heterocycles. The van der Waals surface area contributed by atoms with Crippen LogP contribution in [0.25, 0.3) is 12.2 Å². The number of carbonyl (C=O) groups excluding carboxylic acids is 1. The second-order valence-electron chi connectivity index (χ2n) is 5.05. The van der Waals surface area contributed by atoms with Crippen LogP contribution in [0.2, 0.25) is 0 Å². The summed E-state index contributed by atoms with van der Waals surface area (Å²) in [5.74, 6) is -2.48. The van der Waals surface area contributed by atoms with E-state index in [1.165, 1.54) is 31.2 Å². The van der Waals surface area contributed by atoms with Gasteiger partial charge in [0.1, 0.15) is 0 Å². The number of benzene rings is 2. The second kappa shape index (κ2) is 7.23. The van der Waals surface area contributed by atoms with Crippen LogP contribution in [-0.2, 0) is 4.79 Å². The van der Waals surface area contributed by atoms with E-state index in [2.05, 4.69) is 5.32 Å². The standard InChI is InChI=1S/C18H15NO5/c1-11(20)19-16-9-6-13(10-15(16)18(23)24)3-2-12-4-7-14(8-5-12)17(21)22/h2-10H,1H3,(H,19,20)(H,21,22)(H,23,24)/b3-2+. The molecule has 2 aromatic rings. The SMILES string of the molecule is CC(=O)Nc1ccc(/C=C/c2ccc(C(=O)O)cc2)cc1C(=O)O. The van der Waals surface area contributed by atoms with Crippen molar-refractivity contribution >= 4 is 35.7 Å². The summed E-state index contributed by atoms with van der Waals surface area (Å²) in [6.45, 7) is 1.31. The van der Waals surface area contributed by atoms with E-state index in [9.17, 15) is 19.5 Å². The molecule has 0 saturated carbocycles. The van der Waals surface area contributed by atoms with E-state index < -0.39 is 11.9 Å². The molecule has 0 aliphatic rings. The van der Waals surface area contributed by atoms with Crippen LogP contribution in [0.5, 0.6) is 0 Å². The third-order valence-corrected chi connectivity index (χ3v) is 3.21. The first-order valence-electron chi connectivity index (χ1n) is 7.03. The normalized spacial score (nSPS) is 10.5. The van der Waals surface area contributed by atoms with Crippen LogP contribution >= 0.6 is 0 Å². The van der Waals surface area contributed by atoms with Crippen molar-refractivity contribution in [2.75, 3.05) is 5.32 Å². The molecule has 0 atom stereocenters. The summed E-state index contributed by atoms with van der Waals surface area (Å²) in [7, 11) is 0. The van der Waals surface area contributed by atoms with Gasteiger partial charge in [-0.05, 0) is 35.4 Å². The first-order valence-corrected chi connectivity index (χ1v) is 7.03. The lowest BCUT2D eigenvalue weighted by molar-refractivity contribution is -0.114. The number of nitrogens with one attached hydrogen (secondary N) is 1. The number of carboxylic acid groups (broad SMARTS) is 2. The molecule has 122 valence electrons. The lowest BCUT2D eigenvalue weighted by Gasteiger charge is -2.07. The molecule has 2 rings (SSSR count). The van der Waals surface area contributed by atoms with Crippen LogP contribution in [0, 0.1) is 0 Å². The van der Waals surface area contributed by atoms with Crippen LogP contribution in [0.15, 0.2) is 42.5 Å². The average Bonchev–Trinajstić information content (AvgIpc) is 2.53. The Balaban J connectivity index is 2.25. The summed E-state index contributed by atoms with van der Waals surface area (Å²) >= 11 is 0. The average molecular weight is 325 g/mol. The van der Waals surface area contributed by atoms with E-state index in [0.717, 1.165) is 5.56 Å². The van der Waals surface area contributed by atoms with Gasteiger partial charge < -0.3 is 15.5 Å². The summed E-state index contributed by atoms with van der Waals surface area (Å²) in [6, 6.07) is 11.0. The number of aromatic carboxylic acids is 2. The van der Waals surface area contributed by atoms with Crippen LogP contribution in [0.1, 0.15) is 38.8 Å². The molecule has 0 unspecified atom stereocenters. The topological polar surface area (TPSA) is 104 Å². The number of amides is 1. The van der Waals surface area contributed by atoms with E-state index >= 15 is 0 Å². The molecular formula is C18H15NO5. The Morgan fingerprint density at radius 3 is 2.00 bits per heavy atom. The minimum atomic E-state index is -1.14. The maximum Gasteiger partial charge on any atom is 0.337 e. The van der Waals surface area contributed by atoms with Gasteiger partial charge in [-0.1, -0.05) is 30.4 Å². The molecule has 0 aliphatic carbocycles. The highest BCUT2D eigenvalue weighted by Gasteiger charge is 2.11. The lowest BCUT2D eigenvalue weighted by Crippen LogP contribution is -2.10. The first kappa shape index (κ1) is 17.0. The van der Waals surface area contributed by atoms with Crippen molar-refractivity contribution in [2.24, 2.45) is 0 Å². The Kier molecular flexibility index (Phi) is 5.11. The van der Waals surface area contributed by atoms with Crippen LogP contribution in [0.3, 0.4) is 0 Å². The maximum absolute atomic E-state index is 11.3. The van der Waals surface area contributed by atoms with Gasteiger partial charge in [0.15, 0.2) is 0 Å². The van der Waals surface area contributed by atoms with Crippen molar-refractivity contribution in [3.8, 4) is 0 Å². The van der Waals surface area contributed by atoms with Gasteiger partial charge in [0, 0.05) is 6.92 Å². The first-order chi connectivity index (χ1) is 11.4. The number of anilines is 1. The van der Waals surface area contributed by atoms with Crippen molar-refractivity contribution in [3.05, 3.63) is 64.7 Å². The van der Waals surface area contributed by atoms with Gasteiger partial charge in [0.05, 0.1) is 16.8 Å². The Labute approximate surface area is 138 Å². The summed E-state index contributed by atoms with van der Waals surface area (Å²) in [4.78, 5) is 33.2. The van der Waals surface area contributed by atoms with E-state index in [0.29, 0.717) is 5.56 Å². The molecule has 0 aliphatic heterocycles. The molecule has 2 aromatic carbocycles. The maximum atomic E-state index is 11.3. The fourth-order valence-corrected chi connectivity index (χ4v) is 2.07. The van der Waals surface area contributed by atoms with E-state index in [-0.39, 0.29) is 22.7 Å². The highest BCUT2D eigenvalue weighted by molar-refractivity contribution is 6.00. The van der Waals surface area contributed by atoms with E-state index in [1.54, 1.807) is 30.4 Å². The Hall–Kier alpha value is -3.41. The van der Waals surface area contributed by atoms with Crippen LogP contribution < -0.4 is 5.32 Å². The molecular weight excluding hydrogens is 310 g/mol. The zero-order valence-corrected chi connectivity index (χ0v) is 12.8. The van der Waals surface area contributed by atoms with E-state index in [1.807, 2.05) is 0 Å². The Morgan fingerprint density at radius 2 is 1.46 bits per heavy atom. The molecule has 0 heterocycles. The number of hydrogen-bond donors (Lipinski definition) is 3. The fraction of sp³-hybridized carbons (Fsp3) is 0.0556. The molecule has 0 radical (unpaired) electrons. The number of carboxylic acids is 2. The Bertz CT molecular complexity index is 822. The van der Waals surface area contributed by atoms with Crippen LogP contribution in [0.4, 0.5) is 5.69 Å². The molecule has 6 nitrogen and oxygen atoms in total. The highest BCUT2D eigenvalue weighted by atomic mass is 16.4. The minimum absolute atomic E-state index is 0.00595. The quantitative estimate of drug-likeness (QED) is 0.732. The Morgan fingerprint density at radius 1 is 0.875 bits per heavy atom. The van der Waals surface area contributed by atoms with Gasteiger partial charge in [0.25, 0.3) is 0 Å². The minimum Gasteiger partial charge on any atom is -0.478 e. The molecule has 0 saturated heterocycles. The number of hydrogen-bond acceptors (Lipinski definition) is 3. The number of rotatable bonds is 5. The molecule has 1 amide bonds. The van der Waals surface area contributed by atoms with E-state index in [4.69, 9.17) is 5.11 Å². The zero-order chi connectivity index (χ0) is 17.7. The molecule has 3 N–H and O–H groups in total. The van der Waals surface area contributed by atoms with Gasteiger partial charge in [-0.2, -0.15) is 0 Å². The van der Waals surface area contributed by atoms with Gasteiger partial charge in [-0.3, -0.25) is 4.79 Å². The zero-order valence-electron chi connectivity index (χ0n) is 12.8. The summed E-state index contributed by atoms with van der Waals surface area (Å²) < 4.78 is 0. The van der Waals surface area contributed by atoms with Gasteiger partial charge in [-0.25, -0.2) is 9.59 Å².